The topological polar surface area (TPSA) is 0 Å². The maximum absolute atomic E-state index is 2.52. The number of fused-ring (bicyclic) bond motifs is 10. The Labute approximate surface area is 300 Å². The molecule has 12 aromatic carbocycles. The van der Waals surface area contributed by atoms with Crippen molar-refractivity contribution in [2.45, 2.75) is 0 Å². The van der Waals surface area contributed by atoms with Crippen LogP contribution in [-0.4, -0.2) is 0 Å². The van der Waals surface area contributed by atoms with Crippen LogP contribution < -0.4 is 0 Å². The van der Waals surface area contributed by atoms with Crippen LogP contribution in [0.3, 0.4) is 0 Å². The minimum atomic E-state index is 1.22. The molecule has 0 fully saturated rings. The lowest BCUT2D eigenvalue weighted by Gasteiger charge is -2.20. The molecular weight excluding hydrogens is 625 g/mol. The Balaban J connectivity index is 1.34. The first-order chi connectivity index (χ1) is 25.8. The normalized spacial score (nSPS) is 12.2. The van der Waals surface area contributed by atoms with E-state index in [-0.39, 0.29) is 0 Å². The van der Waals surface area contributed by atoms with Gasteiger partial charge in [-0.05, 0) is 144 Å². The van der Waals surface area contributed by atoms with E-state index in [1.165, 1.54) is 120 Å². The van der Waals surface area contributed by atoms with Gasteiger partial charge in [0, 0.05) is 0 Å². The van der Waals surface area contributed by atoms with E-state index < -0.39 is 0 Å². The zero-order chi connectivity index (χ0) is 33.9. The minimum Gasteiger partial charge on any atom is -0.0622 e. The number of hydrogen-bond donors (Lipinski definition) is 0. The summed E-state index contributed by atoms with van der Waals surface area (Å²) in [6.45, 7) is 0. The van der Waals surface area contributed by atoms with Gasteiger partial charge in [0.1, 0.15) is 0 Å². The van der Waals surface area contributed by atoms with Gasteiger partial charge in [0.05, 0.1) is 0 Å². The molecule has 0 heteroatoms. The quantitative estimate of drug-likeness (QED) is 0.166. The van der Waals surface area contributed by atoms with Crippen LogP contribution in [0.25, 0.3) is 120 Å². The van der Waals surface area contributed by atoms with Crippen molar-refractivity contribution in [2.24, 2.45) is 0 Å². The van der Waals surface area contributed by atoms with Crippen LogP contribution in [0.4, 0.5) is 0 Å². The molecule has 0 aliphatic heterocycles. The third-order valence-corrected chi connectivity index (χ3v) is 11.7. The second kappa shape index (κ2) is 10.4. The SMILES string of the molecule is c1ccc(-c2cccc(-c3ccccc3)c2-c2cc3c(cc4c5ccccc5c5cccc3c54)c3cc4c(cc23)c2cccc3cccc4c32)cc1. The highest BCUT2D eigenvalue weighted by Gasteiger charge is 2.22. The monoisotopic (exact) mass is 654 g/mol. The van der Waals surface area contributed by atoms with Gasteiger partial charge in [0.15, 0.2) is 0 Å². The molecule has 0 N–H and O–H groups in total. The molecule has 0 aliphatic rings. The second-order valence-electron chi connectivity index (χ2n) is 14.3. The Morgan fingerprint density at radius 2 is 0.615 bits per heavy atom. The van der Waals surface area contributed by atoms with Gasteiger partial charge in [-0.15, -0.1) is 0 Å². The van der Waals surface area contributed by atoms with Crippen LogP contribution in [0.2, 0.25) is 0 Å². The predicted molar refractivity (Wildman–Crippen MR) is 225 cm³/mol. The minimum absolute atomic E-state index is 1.22. The highest BCUT2D eigenvalue weighted by molar-refractivity contribution is 6.39. The summed E-state index contributed by atoms with van der Waals surface area (Å²) in [7, 11) is 0. The largest absolute Gasteiger partial charge is 0.0622 e. The smallest absolute Gasteiger partial charge is 0.00199 e. The summed E-state index contributed by atoms with van der Waals surface area (Å²) >= 11 is 0. The fourth-order valence-electron chi connectivity index (χ4n) is 9.54. The van der Waals surface area contributed by atoms with Gasteiger partial charge in [-0.1, -0.05) is 158 Å². The molecule has 0 amide bonds. The van der Waals surface area contributed by atoms with Crippen LogP contribution in [0.5, 0.6) is 0 Å². The van der Waals surface area contributed by atoms with Crippen LogP contribution in [0.15, 0.2) is 182 Å². The van der Waals surface area contributed by atoms with E-state index in [0.717, 1.165) is 0 Å². The van der Waals surface area contributed by atoms with E-state index >= 15 is 0 Å². The van der Waals surface area contributed by atoms with Crippen molar-refractivity contribution >= 4 is 86.2 Å². The highest BCUT2D eigenvalue weighted by atomic mass is 14.3. The summed E-state index contributed by atoms with van der Waals surface area (Å²) in [4.78, 5) is 0. The summed E-state index contributed by atoms with van der Waals surface area (Å²) in [6, 6.07) is 68.1. The summed E-state index contributed by atoms with van der Waals surface area (Å²) in [5, 5.41) is 21.1. The van der Waals surface area contributed by atoms with Crippen LogP contribution in [0.1, 0.15) is 0 Å². The molecule has 12 aromatic rings. The molecule has 0 aliphatic carbocycles. The zero-order valence-electron chi connectivity index (χ0n) is 28.3. The lowest BCUT2D eigenvalue weighted by molar-refractivity contribution is 1.58. The molecule has 0 nitrogen and oxygen atoms in total. The standard InChI is InChI=1S/C52H30/c1-3-13-31(14-4-1)34-21-11-22-35(32-15-5-2-6-16-32)51(34)49-29-44-41-26-12-25-38-36-19-7-8-20-37(36)48(52(38)41)30-46(44)45-27-42-39-23-9-17-33-18-10-24-40(50(33)39)43(42)28-47(45)49/h1-30H. The van der Waals surface area contributed by atoms with Crippen molar-refractivity contribution in [1.29, 1.82) is 0 Å². The maximum Gasteiger partial charge on any atom is -0.00199 e. The van der Waals surface area contributed by atoms with Crippen LogP contribution >= 0.6 is 0 Å². The van der Waals surface area contributed by atoms with Crippen molar-refractivity contribution in [3.63, 3.8) is 0 Å². The van der Waals surface area contributed by atoms with E-state index in [9.17, 15) is 0 Å². The average molecular weight is 655 g/mol. The van der Waals surface area contributed by atoms with Gasteiger partial charge in [0.25, 0.3) is 0 Å². The lowest BCUT2D eigenvalue weighted by atomic mass is 9.83. The van der Waals surface area contributed by atoms with Crippen molar-refractivity contribution in [1.82, 2.24) is 0 Å². The molecule has 12 rings (SSSR count). The van der Waals surface area contributed by atoms with Gasteiger partial charge >= 0.3 is 0 Å². The van der Waals surface area contributed by atoms with Crippen LogP contribution in [-0.2, 0) is 0 Å². The number of hydrogen-bond acceptors (Lipinski definition) is 0. The Bertz CT molecular complexity index is 3310. The molecule has 0 atom stereocenters. The first-order valence-electron chi connectivity index (χ1n) is 18.2. The molecular formula is C52H30. The summed E-state index contributed by atoms with van der Waals surface area (Å²) in [6.07, 6.45) is 0. The van der Waals surface area contributed by atoms with E-state index in [4.69, 9.17) is 0 Å². The van der Waals surface area contributed by atoms with E-state index in [0.29, 0.717) is 0 Å². The summed E-state index contributed by atoms with van der Waals surface area (Å²) in [5.74, 6) is 0. The van der Waals surface area contributed by atoms with E-state index in [1.807, 2.05) is 0 Å². The first kappa shape index (κ1) is 28.0. The van der Waals surface area contributed by atoms with Crippen molar-refractivity contribution in [2.75, 3.05) is 0 Å². The highest BCUT2D eigenvalue weighted by Crippen LogP contribution is 2.50. The molecule has 238 valence electrons. The second-order valence-corrected chi connectivity index (χ2v) is 14.3. The summed E-state index contributed by atoms with van der Waals surface area (Å²) in [5.41, 5.74) is 7.46. The maximum atomic E-state index is 2.52. The fourth-order valence-corrected chi connectivity index (χ4v) is 9.54. The molecule has 0 aromatic heterocycles. The molecule has 0 heterocycles. The van der Waals surface area contributed by atoms with Gasteiger partial charge in [0.2, 0.25) is 0 Å². The fraction of sp³-hybridized carbons (Fsp3) is 0. The third-order valence-electron chi connectivity index (χ3n) is 11.7. The molecule has 52 heavy (non-hydrogen) atoms. The van der Waals surface area contributed by atoms with Gasteiger partial charge in [-0.2, -0.15) is 0 Å². The van der Waals surface area contributed by atoms with Gasteiger partial charge < -0.3 is 0 Å². The van der Waals surface area contributed by atoms with Crippen molar-refractivity contribution in [3.8, 4) is 33.4 Å². The predicted octanol–water partition coefficient (Wildman–Crippen LogP) is 14.8. The first-order valence-corrected chi connectivity index (χ1v) is 18.2. The molecule has 0 saturated heterocycles. The van der Waals surface area contributed by atoms with Crippen LogP contribution in [0, 0.1) is 0 Å². The number of rotatable bonds is 3. The van der Waals surface area contributed by atoms with Crippen molar-refractivity contribution < 1.29 is 0 Å². The third kappa shape index (κ3) is 3.71. The van der Waals surface area contributed by atoms with Gasteiger partial charge in [-0.3, -0.25) is 0 Å². The number of benzene rings is 10. The average Bonchev–Trinajstić information content (AvgIpc) is 3.71. The van der Waals surface area contributed by atoms with E-state index in [2.05, 4.69) is 182 Å². The lowest BCUT2D eigenvalue weighted by Crippen LogP contribution is -1.93. The molecule has 0 saturated carbocycles. The van der Waals surface area contributed by atoms with Crippen molar-refractivity contribution in [3.05, 3.63) is 182 Å². The molecule has 0 unspecified atom stereocenters. The Morgan fingerprint density at radius 3 is 1.25 bits per heavy atom. The molecule has 0 bridgehead atoms. The Hall–Kier alpha value is -6.76. The molecule has 0 spiro atoms. The Morgan fingerprint density at radius 1 is 0.212 bits per heavy atom. The zero-order valence-corrected chi connectivity index (χ0v) is 28.3. The Kier molecular flexibility index (Phi) is 5.59. The summed E-state index contributed by atoms with van der Waals surface area (Å²) < 4.78 is 0. The van der Waals surface area contributed by atoms with E-state index in [1.54, 1.807) is 0 Å². The van der Waals surface area contributed by atoms with Gasteiger partial charge in [-0.25, -0.2) is 0 Å². The molecule has 0 radical (unpaired) electrons.